The molecule has 2 N–H and O–H groups in total. The highest BCUT2D eigenvalue weighted by molar-refractivity contribution is 5.70. The molecule has 0 saturated carbocycles. The molecule has 2 aromatic rings. The van der Waals surface area contributed by atoms with Gasteiger partial charge in [-0.15, -0.1) is 0 Å². The molecule has 1 heterocycles. The summed E-state index contributed by atoms with van der Waals surface area (Å²) in [6.45, 7) is 8.32. The van der Waals surface area contributed by atoms with Crippen molar-refractivity contribution in [1.82, 2.24) is 5.16 Å². The molecule has 0 radical (unpaired) electrons. The Hall–Kier alpha value is -1.77. The molecule has 1 aromatic heterocycles. The molecule has 0 atom stereocenters. The number of hydrogen-bond donors (Lipinski definition) is 1. The van der Waals surface area contributed by atoms with Gasteiger partial charge in [-0.25, -0.2) is 0 Å². The minimum Gasteiger partial charge on any atom is -0.381 e. The monoisotopic (exact) mass is 230 g/mol. The van der Waals surface area contributed by atoms with Gasteiger partial charge in [0, 0.05) is 11.1 Å². The lowest BCUT2D eigenvalue weighted by molar-refractivity contribution is 0.434. The zero-order valence-corrected chi connectivity index (χ0v) is 10.7. The van der Waals surface area contributed by atoms with Crippen molar-refractivity contribution < 1.29 is 4.52 Å². The Kier molecular flexibility index (Phi) is 2.92. The van der Waals surface area contributed by atoms with Crippen LogP contribution in [0.1, 0.15) is 36.5 Å². The summed E-state index contributed by atoms with van der Waals surface area (Å²) in [5.74, 6) is 1.60. The van der Waals surface area contributed by atoms with E-state index in [1.165, 1.54) is 11.1 Å². The third kappa shape index (κ3) is 2.05. The van der Waals surface area contributed by atoms with Gasteiger partial charge in [-0.2, -0.15) is 0 Å². The highest BCUT2D eigenvalue weighted by Crippen LogP contribution is 2.35. The van der Waals surface area contributed by atoms with Gasteiger partial charge in [-0.05, 0) is 31.4 Å². The van der Waals surface area contributed by atoms with Gasteiger partial charge in [-0.1, -0.05) is 36.7 Å². The van der Waals surface area contributed by atoms with Crippen LogP contribution in [0.3, 0.4) is 0 Å². The molecule has 3 nitrogen and oxygen atoms in total. The third-order valence-corrected chi connectivity index (χ3v) is 2.97. The molecule has 0 spiro atoms. The molecule has 0 fully saturated rings. The summed E-state index contributed by atoms with van der Waals surface area (Å²) in [6, 6.07) is 6.29. The van der Waals surface area contributed by atoms with E-state index < -0.39 is 0 Å². The summed E-state index contributed by atoms with van der Waals surface area (Å²) in [5, 5.41) is 3.89. The van der Waals surface area contributed by atoms with Gasteiger partial charge in [0.15, 0.2) is 11.6 Å². The summed E-state index contributed by atoms with van der Waals surface area (Å²) in [6.07, 6.45) is 0. The Labute approximate surface area is 102 Å². The molecule has 90 valence electrons. The maximum Gasteiger partial charge on any atom is 0.172 e. The van der Waals surface area contributed by atoms with Crippen LogP contribution in [0.2, 0.25) is 0 Å². The van der Waals surface area contributed by atoms with Crippen molar-refractivity contribution >= 4 is 5.82 Å². The maximum atomic E-state index is 5.86. The van der Waals surface area contributed by atoms with Gasteiger partial charge in [0.05, 0.1) is 0 Å². The Balaban J connectivity index is 2.64. The van der Waals surface area contributed by atoms with E-state index in [0.717, 1.165) is 16.9 Å². The third-order valence-electron chi connectivity index (χ3n) is 2.97. The number of anilines is 1. The van der Waals surface area contributed by atoms with E-state index in [9.17, 15) is 0 Å². The van der Waals surface area contributed by atoms with Crippen LogP contribution in [-0.2, 0) is 0 Å². The minimum absolute atomic E-state index is 0.302. The van der Waals surface area contributed by atoms with Gasteiger partial charge in [0.2, 0.25) is 0 Å². The van der Waals surface area contributed by atoms with Crippen molar-refractivity contribution in [2.24, 2.45) is 0 Å². The molecule has 3 heteroatoms. The average Bonchev–Trinajstić information content (AvgIpc) is 2.64. The van der Waals surface area contributed by atoms with Gasteiger partial charge >= 0.3 is 0 Å². The summed E-state index contributed by atoms with van der Waals surface area (Å²) >= 11 is 0. The van der Waals surface area contributed by atoms with Crippen molar-refractivity contribution in [3.63, 3.8) is 0 Å². The number of nitrogens with two attached hydrogens (primary N) is 1. The highest BCUT2D eigenvalue weighted by atomic mass is 16.5. The fourth-order valence-corrected chi connectivity index (χ4v) is 2.04. The van der Waals surface area contributed by atoms with E-state index >= 15 is 0 Å². The molecule has 0 aliphatic carbocycles. The number of hydrogen-bond acceptors (Lipinski definition) is 3. The molecule has 0 aliphatic heterocycles. The summed E-state index contributed by atoms with van der Waals surface area (Å²) in [5.41, 5.74) is 10.3. The second-order valence-corrected chi connectivity index (χ2v) is 4.78. The Morgan fingerprint density at radius 2 is 1.94 bits per heavy atom. The molecule has 0 bridgehead atoms. The summed E-state index contributed by atoms with van der Waals surface area (Å²) < 4.78 is 5.40. The average molecular weight is 230 g/mol. The second-order valence-electron chi connectivity index (χ2n) is 4.78. The van der Waals surface area contributed by atoms with Crippen molar-refractivity contribution in [3.05, 3.63) is 34.9 Å². The lowest BCUT2D eigenvalue weighted by atomic mass is 9.96. The van der Waals surface area contributed by atoms with Crippen LogP contribution in [0.25, 0.3) is 11.3 Å². The molecule has 2 rings (SSSR count). The van der Waals surface area contributed by atoms with E-state index in [1.54, 1.807) is 0 Å². The molecule has 0 amide bonds. The van der Waals surface area contributed by atoms with Crippen molar-refractivity contribution in [2.45, 2.75) is 33.6 Å². The predicted molar refractivity (Wildman–Crippen MR) is 69.9 cm³/mol. The summed E-state index contributed by atoms with van der Waals surface area (Å²) in [7, 11) is 0. The number of aromatic nitrogens is 1. The normalized spacial score (nSPS) is 11.1. The number of benzene rings is 1. The van der Waals surface area contributed by atoms with Crippen LogP contribution in [0.4, 0.5) is 5.82 Å². The van der Waals surface area contributed by atoms with E-state index in [4.69, 9.17) is 10.3 Å². The molecule has 0 saturated heterocycles. The first-order valence-corrected chi connectivity index (χ1v) is 5.83. The topological polar surface area (TPSA) is 52.0 Å². The zero-order chi connectivity index (χ0) is 12.6. The van der Waals surface area contributed by atoms with E-state index in [-0.39, 0.29) is 0 Å². The lowest BCUT2D eigenvalue weighted by Gasteiger charge is -2.08. The number of nitrogens with zero attached hydrogens (tertiary/aromatic N) is 1. The van der Waals surface area contributed by atoms with Gasteiger partial charge < -0.3 is 10.3 Å². The Bertz CT molecular complexity index is 541. The molecule has 0 aliphatic rings. The van der Waals surface area contributed by atoms with Gasteiger partial charge in [0.25, 0.3) is 0 Å². The largest absolute Gasteiger partial charge is 0.381 e. The van der Waals surface area contributed by atoms with Crippen molar-refractivity contribution in [3.8, 4) is 11.3 Å². The van der Waals surface area contributed by atoms with E-state index in [2.05, 4.69) is 51.1 Å². The van der Waals surface area contributed by atoms with Crippen LogP contribution in [0, 0.1) is 13.8 Å². The Morgan fingerprint density at radius 1 is 1.24 bits per heavy atom. The number of aryl methyl sites for hydroxylation is 2. The first-order chi connectivity index (χ1) is 8.00. The first kappa shape index (κ1) is 11.7. The molecular formula is C14H18N2O. The molecule has 0 unspecified atom stereocenters. The number of nitrogen functional groups attached to an aromatic ring is 1. The van der Waals surface area contributed by atoms with E-state index in [0.29, 0.717) is 11.7 Å². The van der Waals surface area contributed by atoms with Crippen LogP contribution < -0.4 is 5.73 Å². The van der Waals surface area contributed by atoms with Crippen LogP contribution in [0.15, 0.2) is 22.7 Å². The second kappa shape index (κ2) is 4.24. The summed E-state index contributed by atoms with van der Waals surface area (Å²) in [4.78, 5) is 0. The SMILES string of the molecule is Cc1ccc(C)c(-c2onc(N)c2C(C)C)c1. The lowest BCUT2D eigenvalue weighted by Crippen LogP contribution is -1.96. The van der Waals surface area contributed by atoms with Crippen LogP contribution in [-0.4, -0.2) is 5.16 Å². The Morgan fingerprint density at radius 3 is 2.59 bits per heavy atom. The molecular weight excluding hydrogens is 212 g/mol. The van der Waals surface area contributed by atoms with Crippen molar-refractivity contribution in [1.29, 1.82) is 0 Å². The van der Waals surface area contributed by atoms with Crippen LogP contribution in [0.5, 0.6) is 0 Å². The molecule has 17 heavy (non-hydrogen) atoms. The van der Waals surface area contributed by atoms with Gasteiger partial charge in [0.1, 0.15) is 0 Å². The minimum atomic E-state index is 0.302. The van der Waals surface area contributed by atoms with Gasteiger partial charge in [-0.3, -0.25) is 0 Å². The van der Waals surface area contributed by atoms with Crippen LogP contribution >= 0.6 is 0 Å². The fraction of sp³-hybridized carbons (Fsp3) is 0.357. The molecule has 1 aromatic carbocycles. The van der Waals surface area contributed by atoms with E-state index in [1.807, 2.05) is 0 Å². The maximum absolute atomic E-state index is 5.86. The fourth-order valence-electron chi connectivity index (χ4n) is 2.04. The zero-order valence-electron chi connectivity index (χ0n) is 10.7. The standard InChI is InChI=1S/C14H18N2O/c1-8(2)12-13(17-16-14(12)15)11-7-9(3)5-6-10(11)4/h5-8H,1-4H3,(H2,15,16). The highest BCUT2D eigenvalue weighted by Gasteiger charge is 2.19. The number of rotatable bonds is 2. The smallest absolute Gasteiger partial charge is 0.172 e. The predicted octanol–water partition coefficient (Wildman–Crippen LogP) is 3.66. The quantitative estimate of drug-likeness (QED) is 0.856. The first-order valence-electron chi connectivity index (χ1n) is 5.83. The van der Waals surface area contributed by atoms with Crippen molar-refractivity contribution in [2.75, 3.05) is 5.73 Å².